The second kappa shape index (κ2) is 5.12. The van der Waals surface area contributed by atoms with E-state index in [0.29, 0.717) is 13.2 Å². The van der Waals surface area contributed by atoms with Crippen molar-refractivity contribution in [2.24, 2.45) is 10.7 Å². The molecule has 3 N–H and O–H groups in total. The number of nitrogens with one attached hydrogen (secondary N) is 1. The normalized spacial score (nSPS) is 22.0. The molecule has 0 bridgehead atoms. The van der Waals surface area contributed by atoms with Crippen molar-refractivity contribution < 1.29 is 9.47 Å². The summed E-state index contributed by atoms with van der Waals surface area (Å²) in [5.74, 6) is 1.67. The highest BCUT2D eigenvalue weighted by molar-refractivity contribution is 5.76. The molecule has 0 radical (unpaired) electrons. The summed E-state index contributed by atoms with van der Waals surface area (Å²) >= 11 is 0. The van der Waals surface area contributed by atoms with Gasteiger partial charge >= 0.3 is 0 Å². The summed E-state index contributed by atoms with van der Waals surface area (Å²) in [4.78, 5) is 12.8. The van der Waals surface area contributed by atoms with Gasteiger partial charge < -0.3 is 20.5 Å². The highest BCUT2D eigenvalue weighted by atomic mass is 16.5. The van der Waals surface area contributed by atoms with Crippen LogP contribution in [0.1, 0.15) is 5.56 Å². The summed E-state index contributed by atoms with van der Waals surface area (Å²) in [6.07, 6.45) is 4.06. The second-order valence-corrected chi connectivity index (χ2v) is 5.79. The molecule has 1 aromatic carbocycles. The predicted octanol–water partition coefficient (Wildman–Crippen LogP) is 1.20. The van der Waals surface area contributed by atoms with Crippen LogP contribution in [0.25, 0.3) is 11.1 Å². The van der Waals surface area contributed by atoms with Gasteiger partial charge in [0.05, 0.1) is 0 Å². The van der Waals surface area contributed by atoms with Gasteiger partial charge in [0.15, 0.2) is 0 Å². The van der Waals surface area contributed by atoms with E-state index in [2.05, 4.69) is 26.3 Å². The number of hydrogen-bond acceptors (Lipinski definition) is 7. The molecule has 0 saturated carbocycles. The predicted molar refractivity (Wildman–Crippen MR) is 86.5 cm³/mol. The number of rotatable bonds is 2. The topological polar surface area (TPSA) is 94.7 Å². The zero-order valence-electron chi connectivity index (χ0n) is 12.7. The number of ether oxygens (including phenoxy) is 2. The van der Waals surface area contributed by atoms with E-state index < -0.39 is 5.54 Å². The molecule has 0 aliphatic carbocycles. The van der Waals surface area contributed by atoms with E-state index in [1.165, 1.54) is 6.33 Å². The number of benzene rings is 1. The van der Waals surface area contributed by atoms with Gasteiger partial charge in [-0.3, -0.25) is 0 Å². The Balaban J connectivity index is 1.73. The highest BCUT2D eigenvalue weighted by Gasteiger charge is 2.41. The van der Waals surface area contributed by atoms with Crippen LogP contribution in [-0.4, -0.2) is 41.8 Å². The zero-order chi connectivity index (χ0) is 15.9. The smallest absolute Gasteiger partial charge is 0.282 e. The van der Waals surface area contributed by atoms with E-state index >= 15 is 0 Å². The average Bonchev–Trinajstić information content (AvgIpc) is 2.94. The molecule has 2 aliphatic rings. The molecule has 1 spiro atoms. The Morgan fingerprint density at radius 1 is 1.26 bits per heavy atom. The van der Waals surface area contributed by atoms with Crippen LogP contribution in [0.3, 0.4) is 0 Å². The van der Waals surface area contributed by atoms with Gasteiger partial charge in [-0.1, -0.05) is 6.07 Å². The first-order valence-corrected chi connectivity index (χ1v) is 7.41. The van der Waals surface area contributed by atoms with Crippen molar-refractivity contribution in [2.75, 3.05) is 25.6 Å². The van der Waals surface area contributed by atoms with Gasteiger partial charge in [0.1, 0.15) is 36.6 Å². The largest absolute Gasteiger partial charge is 0.491 e. The number of fused-ring (bicyclic) bond motifs is 1. The standard InChI is InChI=1S/C16H17N5O2/c1-18-14-12(6-19-9-20-14)10-2-3-13-11(4-10)5-16(7-22-13)8-23-15(17)21-16/h2-4,6,9H,5,7-8H2,1H3,(H2,17,21)(H,18,19,20). The van der Waals surface area contributed by atoms with Crippen molar-refractivity contribution in [3.63, 3.8) is 0 Å². The summed E-state index contributed by atoms with van der Waals surface area (Å²) in [5, 5.41) is 3.09. The van der Waals surface area contributed by atoms with Gasteiger partial charge in [0, 0.05) is 25.2 Å². The molecule has 23 heavy (non-hydrogen) atoms. The van der Waals surface area contributed by atoms with Crippen molar-refractivity contribution in [1.82, 2.24) is 9.97 Å². The summed E-state index contributed by atoms with van der Waals surface area (Å²) in [6.45, 7) is 0.939. The number of nitrogens with two attached hydrogens (primary N) is 1. The molecule has 4 rings (SSSR count). The Morgan fingerprint density at radius 3 is 2.91 bits per heavy atom. The molecule has 0 fully saturated rings. The zero-order valence-corrected chi connectivity index (χ0v) is 12.7. The monoisotopic (exact) mass is 311 g/mol. The first kappa shape index (κ1) is 13.8. The van der Waals surface area contributed by atoms with Crippen LogP contribution in [0.5, 0.6) is 5.75 Å². The van der Waals surface area contributed by atoms with E-state index in [1.54, 1.807) is 6.20 Å². The molecule has 0 saturated heterocycles. The van der Waals surface area contributed by atoms with Gasteiger partial charge in [-0.2, -0.15) is 0 Å². The van der Waals surface area contributed by atoms with E-state index in [9.17, 15) is 0 Å². The lowest BCUT2D eigenvalue weighted by atomic mass is 9.89. The van der Waals surface area contributed by atoms with Gasteiger partial charge in [0.25, 0.3) is 6.02 Å². The SMILES string of the molecule is CNc1ncncc1-c1ccc2c(c1)CC1(COC(N)=N1)CO2. The lowest BCUT2D eigenvalue weighted by molar-refractivity contribution is 0.153. The third-order valence-corrected chi connectivity index (χ3v) is 4.17. The van der Waals surface area contributed by atoms with Crippen molar-refractivity contribution in [1.29, 1.82) is 0 Å². The molecule has 118 valence electrons. The summed E-state index contributed by atoms with van der Waals surface area (Å²) in [5.41, 5.74) is 8.32. The second-order valence-electron chi connectivity index (χ2n) is 5.79. The fourth-order valence-corrected chi connectivity index (χ4v) is 3.05. The molecule has 7 heteroatoms. The molecule has 2 aromatic rings. The van der Waals surface area contributed by atoms with Crippen LogP contribution in [0.4, 0.5) is 5.82 Å². The molecular formula is C16H17N5O2. The molecule has 1 aromatic heterocycles. The molecular weight excluding hydrogens is 294 g/mol. The average molecular weight is 311 g/mol. The Bertz CT molecular complexity index is 792. The molecule has 2 aliphatic heterocycles. The van der Waals surface area contributed by atoms with Crippen LogP contribution < -0.4 is 15.8 Å². The first-order valence-electron chi connectivity index (χ1n) is 7.41. The quantitative estimate of drug-likeness (QED) is 0.865. The number of amidine groups is 1. The Labute approximate surface area is 133 Å². The molecule has 1 unspecified atom stereocenters. The number of nitrogens with zero attached hydrogens (tertiary/aromatic N) is 3. The third-order valence-electron chi connectivity index (χ3n) is 4.17. The maximum absolute atomic E-state index is 5.87. The lowest BCUT2D eigenvalue weighted by Gasteiger charge is -2.30. The number of aromatic nitrogens is 2. The van der Waals surface area contributed by atoms with Crippen LogP contribution in [0.2, 0.25) is 0 Å². The van der Waals surface area contributed by atoms with Gasteiger partial charge in [-0.25, -0.2) is 15.0 Å². The Morgan fingerprint density at radius 2 is 2.13 bits per heavy atom. The van der Waals surface area contributed by atoms with Crippen LogP contribution in [0.15, 0.2) is 35.7 Å². The molecule has 3 heterocycles. The van der Waals surface area contributed by atoms with Crippen molar-refractivity contribution in [3.8, 4) is 16.9 Å². The minimum atomic E-state index is -0.408. The van der Waals surface area contributed by atoms with Crippen LogP contribution >= 0.6 is 0 Å². The maximum atomic E-state index is 5.87. The van der Waals surface area contributed by atoms with Gasteiger partial charge in [-0.15, -0.1) is 0 Å². The van der Waals surface area contributed by atoms with E-state index in [-0.39, 0.29) is 6.02 Å². The number of aliphatic imine (C=N–C) groups is 1. The van der Waals surface area contributed by atoms with E-state index in [4.69, 9.17) is 15.2 Å². The van der Waals surface area contributed by atoms with Gasteiger partial charge in [0.2, 0.25) is 0 Å². The lowest BCUT2D eigenvalue weighted by Crippen LogP contribution is -2.41. The number of anilines is 1. The third kappa shape index (κ3) is 2.34. The fourth-order valence-electron chi connectivity index (χ4n) is 3.05. The van der Waals surface area contributed by atoms with E-state index in [1.807, 2.05) is 19.2 Å². The Kier molecular flexibility index (Phi) is 3.07. The maximum Gasteiger partial charge on any atom is 0.282 e. The summed E-state index contributed by atoms with van der Waals surface area (Å²) in [6, 6.07) is 6.33. The van der Waals surface area contributed by atoms with Gasteiger partial charge in [-0.05, 0) is 23.3 Å². The first-order chi connectivity index (χ1) is 11.2. The number of hydrogen-bond donors (Lipinski definition) is 2. The van der Waals surface area contributed by atoms with E-state index in [0.717, 1.165) is 34.7 Å². The van der Waals surface area contributed by atoms with Crippen LogP contribution in [-0.2, 0) is 11.2 Å². The Hall–Kier alpha value is -2.83. The summed E-state index contributed by atoms with van der Waals surface area (Å²) in [7, 11) is 1.84. The summed E-state index contributed by atoms with van der Waals surface area (Å²) < 4.78 is 11.2. The molecule has 0 amide bonds. The minimum absolute atomic E-state index is 0.238. The molecule has 7 nitrogen and oxygen atoms in total. The fraction of sp³-hybridized carbons (Fsp3) is 0.312. The van der Waals surface area contributed by atoms with Crippen molar-refractivity contribution >= 4 is 11.8 Å². The minimum Gasteiger partial charge on any atom is -0.491 e. The van der Waals surface area contributed by atoms with Crippen molar-refractivity contribution in [3.05, 3.63) is 36.3 Å². The molecule has 1 atom stereocenters. The highest BCUT2D eigenvalue weighted by Crippen LogP contribution is 2.37. The van der Waals surface area contributed by atoms with Crippen LogP contribution in [0, 0.1) is 0 Å². The van der Waals surface area contributed by atoms with Crippen molar-refractivity contribution in [2.45, 2.75) is 12.0 Å².